The minimum Gasteiger partial charge on any atom is -0.350 e. The number of carbonyl (C=O) groups excluding carboxylic acids is 3. The van der Waals surface area contributed by atoms with Crippen LogP contribution in [0.4, 0.5) is 4.79 Å². The maximum Gasteiger partial charge on any atom is 0.293 e. The van der Waals surface area contributed by atoms with E-state index >= 15 is 0 Å². The second-order valence-electron chi connectivity index (χ2n) is 6.07. The van der Waals surface area contributed by atoms with Gasteiger partial charge in [-0.1, -0.05) is 37.3 Å². The molecule has 5 nitrogen and oxygen atoms in total. The van der Waals surface area contributed by atoms with Crippen LogP contribution in [0.1, 0.15) is 32.6 Å². The number of amides is 3. The Labute approximate surface area is 166 Å². The van der Waals surface area contributed by atoms with Crippen LogP contribution in [0.25, 0.3) is 6.08 Å². The minimum absolute atomic E-state index is 0.160. The fraction of sp³-hybridized carbons (Fsp3) is 0.250. The molecule has 140 valence electrons. The third-order valence-electron chi connectivity index (χ3n) is 4.16. The summed E-state index contributed by atoms with van der Waals surface area (Å²) in [6, 6.07) is 11.3. The average molecular weight is 401 g/mol. The van der Waals surface area contributed by atoms with Gasteiger partial charge in [-0.25, -0.2) is 0 Å². The maximum absolute atomic E-state index is 12.5. The molecule has 1 aromatic heterocycles. The van der Waals surface area contributed by atoms with Crippen molar-refractivity contribution in [3.63, 3.8) is 0 Å². The van der Waals surface area contributed by atoms with Crippen LogP contribution in [0.3, 0.4) is 0 Å². The van der Waals surface area contributed by atoms with Crippen LogP contribution in [0.5, 0.6) is 0 Å². The van der Waals surface area contributed by atoms with E-state index < -0.39 is 0 Å². The normalized spacial score (nSPS) is 15.6. The molecule has 1 aromatic carbocycles. The SMILES string of the molecule is CCc1sc(C(=O)NCCN2C(=O)SC(=Cc3ccccc3)C2=O)cc1C. The van der Waals surface area contributed by atoms with E-state index in [1.165, 1.54) is 21.1 Å². The molecule has 0 atom stereocenters. The lowest BCUT2D eigenvalue weighted by Crippen LogP contribution is -2.37. The number of imide groups is 1. The van der Waals surface area contributed by atoms with Crippen molar-refractivity contribution in [3.8, 4) is 0 Å². The van der Waals surface area contributed by atoms with E-state index in [1.54, 1.807) is 6.08 Å². The molecule has 1 aliphatic heterocycles. The molecule has 0 unspecified atom stereocenters. The van der Waals surface area contributed by atoms with Crippen molar-refractivity contribution in [2.75, 3.05) is 13.1 Å². The lowest BCUT2D eigenvalue weighted by Gasteiger charge is -2.12. The fourth-order valence-electron chi connectivity index (χ4n) is 2.74. The van der Waals surface area contributed by atoms with Crippen LogP contribution >= 0.6 is 23.1 Å². The topological polar surface area (TPSA) is 66.5 Å². The van der Waals surface area contributed by atoms with E-state index in [4.69, 9.17) is 0 Å². The van der Waals surface area contributed by atoms with E-state index in [0.29, 0.717) is 9.78 Å². The Kier molecular flexibility index (Phi) is 6.13. The third kappa shape index (κ3) is 4.48. The van der Waals surface area contributed by atoms with Gasteiger partial charge in [-0.05, 0) is 48.4 Å². The van der Waals surface area contributed by atoms with Crippen molar-refractivity contribution in [3.05, 3.63) is 62.2 Å². The molecular weight excluding hydrogens is 380 g/mol. The van der Waals surface area contributed by atoms with Crippen molar-refractivity contribution in [1.82, 2.24) is 10.2 Å². The Morgan fingerprint density at radius 3 is 2.63 bits per heavy atom. The standard InChI is InChI=1S/C20H20N2O3S2/c1-3-15-13(2)11-16(26-15)18(23)21-9-10-22-19(24)17(27-20(22)25)12-14-7-5-4-6-8-14/h4-8,11-12H,3,9-10H2,1-2H3,(H,21,23). The van der Waals surface area contributed by atoms with Crippen LogP contribution in [0.15, 0.2) is 41.3 Å². The number of thiophene rings is 1. The smallest absolute Gasteiger partial charge is 0.293 e. The molecule has 0 radical (unpaired) electrons. The molecule has 2 heterocycles. The molecule has 0 aliphatic carbocycles. The van der Waals surface area contributed by atoms with Gasteiger partial charge in [-0.3, -0.25) is 19.3 Å². The molecular formula is C20H20N2O3S2. The van der Waals surface area contributed by atoms with E-state index in [9.17, 15) is 14.4 Å². The molecule has 3 rings (SSSR count). The summed E-state index contributed by atoms with van der Waals surface area (Å²) in [7, 11) is 0. The lowest BCUT2D eigenvalue weighted by molar-refractivity contribution is -0.122. The molecule has 1 saturated heterocycles. The number of hydrogen-bond acceptors (Lipinski definition) is 5. The maximum atomic E-state index is 12.5. The summed E-state index contributed by atoms with van der Waals surface area (Å²) in [5, 5.41) is 2.48. The zero-order chi connectivity index (χ0) is 19.4. The van der Waals surface area contributed by atoms with Crippen molar-refractivity contribution in [2.45, 2.75) is 20.3 Å². The second kappa shape index (κ2) is 8.54. The zero-order valence-electron chi connectivity index (χ0n) is 15.2. The van der Waals surface area contributed by atoms with Crippen molar-refractivity contribution in [1.29, 1.82) is 0 Å². The molecule has 3 amide bonds. The van der Waals surface area contributed by atoms with Gasteiger partial charge in [-0.2, -0.15) is 0 Å². The Morgan fingerprint density at radius 1 is 1.22 bits per heavy atom. The first-order valence-electron chi connectivity index (χ1n) is 8.67. The molecule has 0 spiro atoms. The minimum atomic E-state index is -0.316. The predicted octanol–water partition coefficient (Wildman–Crippen LogP) is 4.09. The van der Waals surface area contributed by atoms with Crippen LogP contribution < -0.4 is 5.32 Å². The number of hydrogen-bond donors (Lipinski definition) is 1. The van der Waals surface area contributed by atoms with Crippen molar-refractivity contribution >= 4 is 46.2 Å². The molecule has 7 heteroatoms. The summed E-state index contributed by atoms with van der Waals surface area (Å²) in [4.78, 5) is 40.3. The number of carbonyl (C=O) groups is 3. The zero-order valence-corrected chi connectivity index (χ0v) is 16.8. The summed E-state index contributed by atoms with van der Waals surface area (Å²) in [6.45, 7) is 4.44. The van der Waals surface area contributed by atoms with Gasteiger partial charge in [0.15, 0.2) is 0 Å². The molecule has 1 N–H and O–H groups in total. The van der Waals surface area contributed by atoms with Crippen LogP contribution in [-0.4, -0.2) is 35.0 Å². The monoisotopic (exact) mass is 400 g/mol. The Balaban J connectivity index is 1.58. The molecule has 0 saturated carbocycles. The largest absolute Gasteiger partial charge is 0.350 e. The van der Waals surface area contributed by atoms with Crippen molar-refractivity contribution in [2.24, 2.45) is 0 Å². The van der Waals surface area contributed by atoms with Crippen LogP contribution in [0, 0.1) is 6.92 Å². The number of thioether (sulfide) groups is 1. The highest BCUT2D eigenvalue weighted by Crippen LogP contribution is 2.31. The van der Waals surface area contributed by atoms with Gasteiger partial charge in [0.05, 0.1) is 9.78 Å². The fourth-order valence-corrected chi connectivity index (χ4v) is 4.64. The summed E-state index contributed by atoms with van der Waals surface area (Å²) in [5.74, 6) is -0.488. The average Bonchev–Trinajstić information content (AvgIpc) is 3.17. The van der Waals surface area contributed by atoms with Crippen LogP contribution in [0.2, 0.25) is 0 Å². The second-order valence-corrected chi connectivity index (χ2v) is 8.20. The van der Waals surface area contributed by atoms with E-state index in [1.807, 2.05) is 43.3 Å². The van der Waals surface area contributed by atoms with E-state index in [2.05, 4.69) is 12.2 Å². The predicted molar refractivity (Wildman–Crippen MR) is 110 cm³/mol. The molecule has 1 fully saturated rings. The van der Waals surface area contributed by atoms with E-state index in [-0.39, 0.29) is 30.1 Å². The van der Waals surface area contributed by atoms with Gasteiger partial charge >= 0.3 is 0 Å². The lowest BCUT2D eigenvalue weighted by atomic mass is 10.2. The van der Waals surface area contributed by atoms with Crippen LogP contribution in [-0.2, 0) is 11.2 Å². The van der Waals surface area contributed by atoms with Gasteiger partial charge in [0.25, 0.3) is 17.1 Å². The highest BCUT2D eigenvalue weighted by molar-refractivity contribution is 8.18. The quantitative estimate of drug-likeness (QED) is 0.742. The van der Waals surface area contributed by atoms with Gasteiger partial charge in [0.1, 0.15) is 0 Å². The van der Waals surface area contributed by atoms with Gasteiger partial charge in [0.2, 0.25) is 0 Å². The molecule has 0 bridgehead atoms. The summed E-state index contributed by atoms with van der Waals surface area (Å²) in [5.41, 5.74) is 1.99. The van der Waals surface area contributed by atoms with Gasteiger partial charge in [-0.15, -0.1) is 11.3 Å². The number of rotatable bonds is 6. The van der Waals surface area contributed by atoms with Gasteiger partial charge in [0, 0.05) is 18.0 Å². The summed E-state index contributed by atoms with van der Waals surface area (Å²) >= 11 is 2.41. The number of aryl methyl sites for hydroxylation is 2. The molecule has 1 aliphatic rings. The summed E-state index contributed by atoms with van der Waals surface area (Å²) in [6.07, 6.45) is 2.61. The van der Waals surface area contributed by atoms with Gasteiger partial charge < -0.3 is 5.32 Å². The highest BCUT2D eigenvalue weighted by Gasteiger charge is 2.34. The molecule has 27 heavy (non-hydrogen) atoms. The number of nitrogens with zero attached hydrogens (tertiary/aromatic N) is 1. The Bertz CT molecular complexity index is 903. The first-order valence-corrected chi connectivity index (χ1v) is 10.3. The number of benzene rings is 1. The summed E-state index contributed by atoms with van der Waals surface area (Å²) < 4.78 is 0. The number of nitrogens with one attached hydrogen (secondary N) is 1. The first-order chi connectivity index (χ1) is 13.0. The first kappa shape index (κ1) is 19.4. The van der Waals surface area contributed by atoms with Crippen molar-refractivity contribution < 1.29 is 14.4 Å². The third-order valence-corrected chi connectivity index (χ3v) is 6.44. The highest BCUT2D eigenvalue weighted by atomic mass is 32.2. The van der Waals surface area contributed by atoms with E-state index in [0.717, 1.165) is 29.3 Å². The Hall–Kier alpha value is -2.38. The Morgan fingerprint density at radius 2 is 1.96 bits per heavy atom. The molecule has 2 aromatic rings.